The molecule has 0 aromatic carbocycles. The highest BCUT2D eigenvalue weighted by molar-refractivity contribution is 5.85. The van der Waals surface area contributed by atoms with E-state index in [4.69, 9.17) is 0 Å². The van der Waals surface area contributed by atoms with E-state index in [2.05, 4.69) is 10.1 Å². The summed E-state index contributed by atoms with van der Waals surface area (Å²) in [6.45, 7) is 3.66. The Morgan fingerprint density at radius 1 is 1.24 bits per heavy atom. The summed E-state index contributed by atoms with van der Waals surface area (Å²) in [6, 6.07) is 0. The van der Waals surface area contributed by atoms with Gasteiger partial charge < -0.3 is 10.1 Å². The second-order valence-corrected chi connectivity index (χ2v) is 4.16. The lowest BCUT2D eigenvalue weighted by molar-refractivity contribution is -0.165. The van der Waals surface area contributed by atoms with Gasteiger partial charge in [-0.2, -0.15) is 13.2 Å². The molecule has 0 unspecified atom stereocenters. The van der Waals surface area contributed by atoms with Gasteiger partial charge in [0.05, 0.1) is 18.4 Å². The van der Waals surface area contributed by atoms with Gasteiger partial charge in [0, 0.05) is 0 Å². The molecule has 0 fully saturated rings. The summed E-state index contributed by atoms with van der Waals surface area (Å²) in [4.78, 5) is 22.3. The largest absolute Gasteiger partial charge is 0.465 e. The second kappa shape index (κ2) is 5.88. The minimum Gasteiger partial charge on any atom is -0.465 e. The van der Waals surface area contributed by atoms with Gasteiger partial charge in [0.25, 0.3) is 0 Å². The smallest absolute Gasteiger partial charge is 0.390 e. The van der Waals surface area contributed by atoms with Gasteiger partial charge in [0.2, 0.25) is 5.91 Å². The molecule has 0 saturated heterocycles. The van der Waals surface area contributed by atoms with E-state index in [0.717, 1.165) is 0 Å². The Labute approximate surface area is 97.5 Å². The topological polar surface area (TPSA) is 55.4 Å². The summed E-state index contributed by atoms with van der Waals surface area (Å²) in [7, 11) is 0. The SMILES string of the molecule is CCOC(=O)CNC(=O)C(C)(C)CC(F)(F)F. The van der Waals surface area contributed by atoms with E-state index in [9.17, 15) is 22.8 Å². The molecule has 0 saturated carbocycles. The predicted molar refractivity (Wildman–Crippen MR) is 54.1 cm³/mol. The number of carbonyl (C=O) groups excluding carboxylic acids is 2. The Balaban J connectivity index is 4.26. The maximum absolute atomic E-state index is 12.2. The molecule has 0 radical (unpaired) electrons. The summed E-state index contributed by atoms with van der Waals surface area (Å²) < 4.78 is 41.0. The number of hydrogen-bond donors (Lipinski definition) is 1. The Hall–Kier alpha value is -1.27. The van der Waals surface area contributed by atoms with Gasteiger partial charge in [-0.05, 0) is 6.92 Å². The Kier molecular flexibility index (Phi) is 5.44. The van der Waals surface area contributed by atoms with Crippen molar-refractivity contribution >= 4 is 11.9 Å². The highest BCUT2D eigenvalue weighted by Gasteiger charge is 2.41. The molecule has 100 valence electrons. The van der Waals surface area contributed by atoms with Crippen molar-refractivity contribution in [1.29, 1.82) is 0 Å². The fraction of sp³-hybridized carbons (Fsp3) is 0.800. The van der Waals surface area contributed by atoms with Crippen LogP contribution in [0.25, 0.3) is 0 Å². The maximum atomic E-state index is 12.2. The molecule has 0 aromatic heterocycles. The van der Waals surface area contributed by atoms with Crippen LogP contribution >= 0.6 is 0 Å². The Morgan fingerprint density at radius 3 is 2.18 bits per heavy atom. The van der Waals surface area contributed by atoms with Gasteiger partial charge in [-0.25, -0.2) is 0 Å². The first-order valence-electron chi connectivity index (χ1n) is 5.09. The molecule has 0 aromatic rings. The molecule has 0 atom stereocenters. The second-order valence-electron chi connectivity index (χ2n) is 4.16. The van der Waals surface area contributed by atoms with Crippen molar-refractivity contribution in [3.8, 4) is 0 Å². The van der Waals surface area contributed by atoms with Gasteiger partial charge in [0.15, 0.2) is 0 Å². The van der Waals surface area contributed by atoms with E-state index in [1.165, 1.54) is 13.8 Å². The molecule has 7 heteroatoms. The van der Waals surface area contributed by atoms with Crippen LogP contribution in [0.5, 0.6) is 0 Å². The van der Waals surface area contributed by atoms with Crippen LogP contribution in [0, 0.1) is 5.41 Å². The van der Waals surface area contributed by atoms with Crippen LogP contribution in [0.1, 0.15) is 27.2 Å². The monoisotopic (exact) mass is 255 g/mol. The fourth-order valence-corrected chi connectivity index (χ4v) is 1.19. The summed E-state index contributed by atoms with van der Waals surface area (Å²) in [5.74, 6) is -1.51. The summed E-state index contributed by atoms with van der Waals surface area (Å²) in [5.41, 5.74) is -1.61. The van der Waals surface area contributed by atoms with Crippen molar-refractivity contribution in [2.45, 2.75) is 33.4 Å². The predicted octanol–water partition coefficient (Wildman–Crippen LogP) is 1.64. The molecule has 0 aliphatic heterocycles. The van der Waals surface area contributed by atoms with Crippen molar-refractivity contribution < 1.29 is 27.5 Å². The Bertz CT molecular complexity index is 287. The molecule has 0 spiro atoms. The summed E-state index contributed by atoms with van der Waals surface area (Å²) >= 11 is 0. The first-order valence-corrected chi connectivity index (χ1v) is 5.09. The standard InChI is InChI=1S/C10H16F3NO3/c1-4-17-7(15)5-14-8(16)9(2,3)6-10(11,12)13/h4-6H2,1-3H3,(H,14,16). The fourth-order valence-electron chi connectivity index (χ4n) is 1.19. The first kappa shape index (κ1) is 15.7. The van der Waals surface area contributed by atoms with Gasteiger partial charge in [-0.15, -0.1) is 0 Å². The normalized spacial score (nSPS) is 12.1. The van der Waals surface area contributed by atoms with Crippen molar-refractivity contribution in [3.63, 3.8) is 0 Å². The zero-order valence-corrected chi connectivity index (χ0v) is 9.98. The molecule has 1 amide bonds. The first-order chi connectivity index (χ1) is 7.58. The van der Waals surface area contributed by atoms with Gasteiger partial charge in [-0.3, -0.25) is 9.59 Å². The third-order valence-electron chi connectivity index (χ3n) is 1.96. The van der Waals surface area contributed by atoms with Crippen molar-refractivity contribution in [3.05, 3.63) is 0 Å². The van der Waals surface area contributed by atoms with E-state index < -0.39 is 36.4 Å². The number of alkyl halides is 3. The van der Waals surface area contributed by atoms with E-state index in [-0.39, 0.29) is 6.61 Å². The van der Waals surface area contributed by atoms with Crippen molar-refractivity contribution in [2.75, 3.05) is 13.2 Å². The number of ether oxygens (including phenoxy) is 1. The zero-order chi connectivity index (χ0) is 13.7. The quantitative estimate of drug-likeness (QED) is 0.760. The molecule has 0 bridgehead atoms. The Morgan fingerprint density at radius 2 is 1.76 bits per heavy atom. The molecule has 1 N–H and O–H groups in total. The van der Waals surface area contributed by atoms with Gasteiger partial charge in [0.1, 0.15) is 6.54 Å². The van der Waals surface area contributed by atoms with Crippen molar-refractivity contribution in [2.24, 2.45) is 5.41 Å². The molecule has 0 rings (SSSR count). The third kappa shape index (κ3) is 6.80. The lowest BCUT2D eigenvalue weighted by Gasteiger charge is -2.24. The van der Waals surface area contributed by atoms with E-state index in [0.29, 0.717) is 0 Å². The van der Waals surface area contributed by atoms with Gasteiger partial charge >= 0.3 is 12.1 Å². The lowest BCUT2D eigenvalue weighted by atomic mass is 9.88. The molecular weight excluding hydrogens is 239 g/mol. The van der Waals surface area contributed by atoms with Crippen LogP contribution in [0.3, 0.4) is 0 Å². The maximum Gasteiger partial charge on any atom is 0.390 e. The number of carbonyl (C=O) groups is 2. The molecule has 0 aliphatic rings. The van der Waals surface area contributed by atoms with Crippen LogP contribution in [0.15, 0.2) is 0 Å². The van der Waals surface area contributed by atoms with Gasteiger partial charge in [-0.1, -0.05) is 13.8 Å². The van der Waals surface area contributed by atoms with E-state index >= 15 is 0 Å². The molecule has 4 nitrogen and oxygen atoms in total. The van der Waals surface area contributed by atoms with Crippen LogP contribution < -0.4 is 5.32 Å². The minimum atomic E-state index is -4.43. The molecular formula is C10H16F3NO3. The number of esters is 1. The minimum absolute atomic E-state index is 0.153. The third-order valence-corrected chi connectivity index (χ3v) is 1.96. The highest BCUT2D eigenvalue weighted by Crippen LogP contribution is 2.32. The number of nitrogens with one attached hydrogen (secondary N) is 1. The van der Waals surface area contributed by atoms with Crippen LogP contribution in [-0.4, -0.2) is 31.2 Å². The van der Waals surface area contributed by atoms with Crippen LogP contribution in [-0.2, 0) is 14.3 Å². The molecule has 0 aliphatic carbocycles. The molecule has 17 heavy (non-hydrogen) atoms. The average molecular weight is 255 g/mol. The zero-order valence-electron chi connectivity index (χ0n) is 9.98. The van der Waals surface area contributed by atoms with E-state index in [1.54, 1.807) is 6.92 Å². The number of halogens is 3. The average Bonchev–Trinajstić information content (AvgIpc) is 2.10. The highest BCUT2D eigenvalue weighted by atomic mass is 19.4. The molecule has 0 heterocycles. The summed E-state index contributed by atoms with van der Waals surface area (Å²) in [6.07, 6.45) is -5.67. The number of rotatable bonds is 5. The van der Waals surface area contributed by atoms with E-state index in [1.807, 2.05) is 0 Å². The number of hydrogen-bond acceptors (Lipinski definition) is 3. The van der Waals surface area contributed by atoms with Crippen LogP contribution in [0.2, 0.25) is 0 Å². The summed E-state index contributed by atoms with van der Waals surface area (Å²) in [5, 5.41) is 2.12. The van der Waals surface area contributed by atoms with Crippen LogP contribution in [0.4, 0.5) is 13.2 Å². The number of amides is 1. The van der Waals surface area contributed by atoms with Crippen molar-refractivity contribution in [1.82, 2.24) is 5.32 Å². The lowest BCUT2D eigenvalue weighted by Crippen LogP contribution is -2.42.